The van der Waals surface area contributed by atoms with E-state index in [1.807, 2.05) is 48.5 Å². The molecule has 0 saturated carbocycles. The van der Waals surface area contributed by atoms with Crippen molar-refractivity contribution < 1.29 is 9.47 Å². The zero-order valence-electron chi connectivity index (χ0n) is 17.7. The summed E-state index contributed by atoms with van der Waals surface area (Å²) in [4.78, 5) is 8.02. The summed E-state index contributed by atoms with van der Waals surface area (Å²) in [5.74, 6) is 2.47. The van der Waals surface area contributed by atoms with Crippen molar-refractivity contribution in [3.63, 3.8) is 0 Å². The molecule has 0 radical (unpaired) electrons. The Kier molecular flexibility index (Phi) is 6.89. The second-order valence-corrected chi connectivity index (χ2v) is 8.25. The van der Waals surface area contributed by atoms with Gasteiger partial charge in [0.15, 0.2) is 11.5 Å². The Labute approximate surface area is 190 Å². The normalized spacial score (nSPS) is 11.1. The number of ether oxygens (including phenoxy) is 2. The molecule has 4 aromatic rings. The number of aromatic nitrogens is 2. The maximum Gasteiger partial charge on any atom is 0.167 e. The van der Waals surface area contributed by atoms with Crippen molar-refractivity contribution in [3.05, 3.63) is 87.7 Å². The number of aryl methyl sites for hydroxylation is 1. The molecule has 0 atom stereocenters. The Bertz CT molecular complexity index is 1140. The number of aromatic amines is 1. The average Bonchev–Trinajstić information content (AvgIpc) is 3.20. The number of halogens is 1. The molecule has 0 fully saturated rings. The second-order valence-electron chi connectivity index (χ2n) is 7.40. The Morgan fingerprint density at radius 1 is 1.03 bits per heavy atom. The number of nitrogens with zero attached hydrogens (tertiary/aromatic N) is 1. The second kappa shape index (κ2) is 9.98. The Morgan fingerprint density at radius 3 is 2.65 bits per heavy atom. The molecule has 2 N–H and O–H groups in total. The number of H-pyrrole nitrogens is 1. The molecule has 0 unspecified atom stereocenters. The number of para-hydroxylation sites is 2. The number of imidazole rings is 1. The van der Waals surface area contributed by atoms with Crippen LogP contribution in [0, 0.1) is 6.92 Å². The van der Waals surface area contributed by atoms with Crippen LogP contribution in [0.3, 0.4) is 0 Å². The van der Waals surface area contributed by atoms with Crippen LogP contribution in [-0.4, -0.2) is 23.6 Å². The molecule has 3 aromatic carbocycles. The van der Waals surface area contributed by atoms with Crippen LogP contribution < -0.4 is 14.8 Å². The standard InChI is InChI=1S/C25H26BrN3O2/c1-17-7-3-4-8-18(17)16-31-25-19(20(26)11-12-23(25)30-2)15-27-14-13-24-28-21-9-5-6-10-22(21)29-24/h3-12,27H,13-16H2,1-2H3,(H,28,29). The lowest BCUT2D eigenvalue weighted by Gasteiger charge is -2.18. The predicted octanol–water partition coefficient (Wildman–Crippen LogP) is 5.55. The highest BCUT2D eigenvalue weighted by Crippen LogP contribution is 2.37. The van der Waals surface area contributed by atoms with Gasteiger partial charge in [0.2, 0.25) is 0 Å². The van der Waals surface area contributed by atoms with E-state index in [1.165, 1.54) is 5.56 Å². The largest absolute Gasteiger partial charge is 0.493 e. The fourth-order valence-corrected chi connectivity index (χ4v) is 3.98. The van der Waals surface area contributed by atoms with Crippen molar-refractivity contribution in [1.82, 2.24) is 15.3 Å². The highest BCUT2D eigenvalue weighted by Gasteiger charge is 2.15. The Balaban J connectivity index is 1.43. The molecule has 0 saturated heterocycles. The third-order valence-electron chi connectivity index (χ3n) is 5.30. The molecular weight excluding hydrogens is 454 g/mol. The van der Waals surface area contributed by atoms with E-state index in [-0.39, 0.29) is 0 Å². The van der Waals surface area contributed by atoms with Crippen LogP contribution in [0.2, 0.25) is 0 Å². The van der Waals surface area contributed by atoms with Gasteiger partial charge in [-0.05, 0) is 42.3 Å². The molecular formula is C25H26BrN3O2. The summed E-state index contributed by atoms with van der Waals surface area (Å²) < 4.78 is 12.8. The van der Waals surface area contributed by atoms with Crippen molar-refractivity contribution in [1.29, 1.82) is 0 Å². The molecule has 0 aliphatic carbocycles. The number of nitrogens with one attached hydrogen (secondary N) is 2. The van der Waals surface area contributed by atoms with Crippen LogP contribution in [0.5, 0.6) is 11.5 Å². The number of hydrogen-bond acceptors (Lipinski definition) is 4. The number of fused-ring (bicyclic) bond motifs is 1. The molecule has 0 bridgehead atoms. The van der Waals surface area contributed by atoms with Gasteiger partial charge in [-0.15, -0.1) is 0 Å². The fraction of sp³-hybridized carbons (Fsp3) is 0.240. The highest BCUT2D eigenvalue weighted by atomic mass is 79.9. The molecule has 6 heteroatoms. The van der Waals surface area contributed by atoms with E-state index in [1.54, 1.807) is 7.11 Å². The molecule has 0 amide bonds. The number of rotatable bonds is 9. The van der Waals surface area contributed by atoms with Gasteiger partial charge in [-0.3, -0.25) is 0 Å². The zero-order chi connectivity index (χ0) is 21.6. The monoisotopic (exact) mass is 479 g/mol. The van der Waals surface area contributed by atoms with E-state index in [9.17, 15) is 0 Å². The first-order valence-corrected chi connectivity index (χ1v) is 11.1. The maximum absolute atomic E-state index is 6.25. The number of methoxy groups -OCH3 is 1. The van der Waals surface area contributed by atoms with Crippen LogP contribution in [0.25, 0.3) is 11.0 Å². The van der Waals surface area contributed by atoms with E-state index >= 15 is 0 Å². The van der Waals surface area contributed by atoms with Crippen molar-refractivity contribution in [3.8, 4) is 11.5 Å². The Morgan fingerprint density at radius 2 is 1.84 bits per heavy atom. The molecule has 160 valence electrons. The van der Waals surface area contributed by atoms with Gasteiger partial charge in [-0.1, -0.05) is 52.3 Å². The minimum Gasteiger partial charge on any atom is -0.493 e. The van der Waals surface area contributed by atoms with Gasteiger partial charge < -0.3 is 19.8 Å². The highest BCUT2D eigenvalue weighted by molar-refractivity contribution is 9.10. The van der Waals surface area contributed by atoms with Crippen molar-refractivity contribution in [2.24, 2.45) is 0 Å². The van der Waals surface area contributed by atoms with Gasteiger partial charge in [0.05, 0.1) is 18.1 Å². The van der Waals surface area contributed by atoms with E-state index in [2.05, 4.69) is 50.3 Å². The third-order valence-corrected chi connectivity index (χ3v) is 6.04. The molecule has 0 aliphatic heterocycles. The van der Waals surface area contributed by atoms with Crippen LogP contribution >= 0.6 is 15.9 Å². The van der Waals surface area contributed by atoms with Crippen LogP contribution in [0.15, 0.2) is 65.1 Å². The summed E-state index contributed by atoms with van der Waals surface area (Å²) in [5, 5.41) is 3.51. The quantitative estimate of drug-likeness (QED) is 0.308. The van der Waals surface area contributed by atoms with Crippen LogP contribution in [-0.2, 0) is 19.6 Å². The summed E-state index contributed by atoms with van der Waals surface area (Å²) in [7, 11) is 1.67. The number of benzene rings is 3. The third kappa shape index (κ3) is 5.09. The van der Waals surface area contributed by atoms with Gasteiger partial charge in [-0.2, -0.15) is 0 Å². The number of hydrogen-bond donors (Lipinski definition) is 2. The minimum absolute atomic E-state index is 0.492. The molecule has 0 spiro atoms. The molecule has 31 heavy (non-hydrogen) atoms. The van der Waals surface area contributed by atoms with E-state index in [4.69, 9.17) is 9.47 Å². The molecule has 5 nitrogen and oxygen atoms in total. The lowest BCUT2D eigenvalue weighted by molar-refractivity contribution is 0.280. The molecule has 1 aromatic heterocycles. The zero-order valence-corrected chi connectivity index (χ0v) is 19.3. The summed E-state index contributed by atoms with van der Waals surface area (Å²) in [6.45, 7) is 4.03. The SMILES string of the molecule is COc1ccc(Br)c(CNCCc2nc3ccccc3[nH]2)c1OCc1ccccc1C. The van der Waals surface area contributed by atoms with E-state index in [0.29, 0.717) is 13.2 Å². The van der Waals surface area contributed by atoms with Gasteiger partial charge in [0.25, 0.3) is 0 Å². The van der Waals surface area contributed by atoms with Crippen molar-refractivity contribution >= 4 is 27.0 Å². The summed E-state index contributed by atoms with van der Waals surface area (Å²) >= 11 is 3.68. The lowest BCUT2D eigenvalue weighted by Crippen LogP contribution is -2.18. The predicted molar refractivity (Wildman–Crippen MR) is 128 cm³/mol. The van der Waals surface area contributed by atoms with Crippen LogP contribution in [0.4, 0.5) is 0 Å². The van der Waals surface area contributed by atoms with E-state index in [0.717, 1.165) is 56.9 Å². The van der Waals surface area contributed by atoms with Crippen LogP contribution in [0.1, 0.15) is 22.5 Å². The summed E-state index contributed by atoms with van der Waals surface area (Å²) in [6, 6.07) is 20.3. The molecule has 0 aliphatic rings. The fourth-order valence-electron chi connectivity index (χ4n) is 3.53. The first-order chi connectivity index (χ1) is 15.2. The molecule has 1 heterocycles. The van der Waals surface area contributed by atoms with Gasteiger partial charge >= 0.3 is 0 Å². The van der Waals surface area contributed by atoms with E-state index < -0.39 is 0 Å². The lowest BCUT2D eigenvalue weighted by atomic mass is 10.1. The average molecular weight is 480 g/mol. The molecule has 4 rings (SSSR count). The summed E-state index contributed by atoms with van der Waals surface area (Å²) in [6.07, 6.45) is 0.815. The first kappa shape index (κ1) is 21.4. The van der Waals surface area contributed by atoms with Crippen molar-refractivity contribution in [2.45, 2.75) is 26.5 Å². The van der Waals surface area contributed by atoms with Gasteiger partial charge in [0, 0.05) is 29.5 Å². The smallest absolute Gasteiger partial charge is 0.167 e. The maximum atomic E-state index is 6.25. The van der Waals surface area contributed by atoms with Gasteiger partial charge in [0.1, 0.15) is 12.4 Å². The minimum atomic E-state index is 0.492. The summed E-state index contributed by atoms with van der Waals surface area (Å²) in [5.41, 5.74) is 5.48. The topological polar surface area (TPSA) is 59.2 Å². The first-order valence-electron chi connectivity index (χ1n) is 10.3. The van der Waals surface area contributed by atoms with Gasteiger partial charge in [-0.25, -0.2) is 4.98 Å². The Hall–Kier alpha value is -2.83. The van der Waals surface area contributed by atoms with Crippen molar-refractivity contribution in [2.75, 3.05) is 13.7 Å².